The topological polar surface area (TPSA) is 75.7 Å². The number of aryl methyl sites for hydroxylation is 1. The van der Waals surface area contributed by atoms with Crippen LogP contribution in [-0.4, -0.2) is 24.4 Å². The van der Waals surface area contributed by atoms with Gasteiger partial charge in [-0.2, -0.15) is 0 Å². The Balaban J connectivity index is 1.81. The van der Waals surface area contributed by atoms with E-state index in [0.717, 1.165) is 23.3 Å². The Hall–Kier alpha value is -3.12. The number of unbranched alkanes of at least 4 members (excludes halogenated alkanes) is 1. The largest absolute Gasteiger partial charge is 0.462 e. The van der Waals surface area contributed by atoms with Crippen LogP contribution < -0.4 is 10.2 Å². The minimum Gasteiger partial charge on any atom is -0.462 e. The molecular weight excluding hydrogens is 392 g/mol. The molecule has 0 fully saturated rings. The van der Waals surface area contributed by atoms with Crippen LogP contribution in [0.25, 0.3) is 0 Å². The highest BCUT2D eigenvalue weighted by Crippen LogP contribution is 2.31. The summed E-state index contributed by atoms with van der Waals surface area (Å²) in [5.74, 6) is -1.59. The number of para-hydroxylation sites is 1. The quantitative estimate of drug-likeness (QED) is 0.414. The Morgan fingerprint density at radius 1 is 1.10 bits per heavy atom. The average Bonchev–Trinajstić information content (AvgIpc) is 2.92. The van der Waals surface area contributed by atoms with Gasteiger partial charge in [-0.15, -0.1) is 0 Å². The summed E-state index contributed by atoms with van der Waals surface area (Å²) in [6.07, 6.45) is 1.71. The first kappa shape index (κ1) is 20.6. The molecule has 1 aliphatic heterocycles. The number of halogens is 1. The van der Waals surface area contributed by atoms with Gasteiger partial charge in [0.2, 0.25) is 0 Å². The van der Waals surface area contributed by atoms with Crippen molar-refractivity contribution < 1.29 is 19.1 Å². The van der Waals surface area contributed by atoms with E-state index in [0.29, 0.717) is 23.5 Å². The number of hydrogen-bond donors (Lipinski definition) is 1. The third kappa shape index (κ3) is 4.32. The lowest BCUT2D eigenvalue weighted by Crippen LogP contribution is -2.32. The summed E-state index contributed by atoms with van der Waals surface area (Å²) >= 11 is 6.17. The Bertz CT molecular complexity index is 1000. The maximum absolute atomic E-state index is 12.9. The standard InChI is InChI=1S/C22H21ClN2O4/c1-3-4-12-29-22(28)15-9-7-10-16(13-15)24-19-18(23)20(26)25(21(19)27)17-11-6-5-8-14(17)2/h5-11,13,24H,3-4,12H2,1-2H3. The first-order chi connectivity index (χ1) is 13.9. The fraction of sp³-hybridized carbons (Fsp3) is 0.227. The van der Waals surface area contributed by atoms with Gasteiger partial charge in [0.15, 0.2) is 0 Å². The predicted molar refractivity (Wildman–Crippen MR) is 112 cm³/mol. The Morgan fingerprint density at radius 2 is 1.86 bits per heavy atom. The third-order valence-electron chi connectivity index (χ3n) is 4.48. The number of rotatable bonds is 7. The van der Waals surface area contributed by atoms with E-state index in [1.165, 1.54) is 0 Å². The number of imide groups is 1. The second-order valence-corrected chi connectivity index (χ2v) is 6.99. The van der Waals surface area contributed by atoms with Crippen molar-refractivity contribution in [3.8, 4) is 0 Å². The number of carbonyl (C=O) groups is 3. The number of amides is 2. The minimum absolute atomic E-state index is 0.0311. The van der Waals surface area contributed by atoms with Crippen LogP contribution in [0.1, 0.15) is 35.7 Å². The number of carbonyl (C=O) groups excluding carboxylic acids is 3. The second kappa shape index (κ2) is 8.92. The van der Waals surface area contributed by atoms with Gasteiger partial charge in [-0.1, -0.05) is 49.2 Å². The molecule has 0 unspecified atom stereocenters. The maximum Gasteiger partial charge on any atom is 0.338 e. The number of nitrogens with one attached hydrogen (secondary N) is 1. The van der Waals surface area contributed by atoms with Gasteiger partial charge in [0.05, 0.1) is 17.9 Å². The zero-order valence-electron chi connectivity index (χ0n) is 16.2. The van der Waals surface area contributed by atoms with Crippen molar-refractivity contribution >= 4 is 40.8 Å². The number of esters is 1. The highest BCUT2D eigenvalue weighted by atomic mass is 35.5. The molecule has 1 N–H and O–H groups in total. The Labute approximate surface area is 174 Å². The Kier molecular flexibility index (Phi) is 6.34. The molecule has 1 aliphatic rings. The van der Waals surface area contributed by atoms with E-state index in [2.05, 4.69) is 5.32 Å². The van der Waals surface area contributed by atoms with Crippen LogP contribution in [-0.2, 0) is 14.3 Å². The van der Waals surface area contributed by atoms with Crippen molar-refractivity contribution in [3.63, 3.8) is 0 Å². The molecule has 2 amide bonds. The molecule has 0 saturated carbocycles. The van der Waals surface area contributed by atoms with E-state index in [-0.39, 0.29) is 10.7 Å². The van der Waals surface area contributed by atoms with Crippen molar-refractivity contribution in [1.82, 2.24) is 0 Å². The van der Waals surface area contributed by atoms with Gasteiger partial charge in [0, 0.05) is 5.69 Å². The van der Waals surface area contributed by atoms with Crippen LogP contribution in [0.4, 0.5) is 11.4 Å². The van der Waals surface area contributed by atoms with Gasteiger partial charge >= 0.3 is 5.97 Å². The lowest BCUT2D eigenvalue weighted by Gasteiger charge is -2.17. The smallest absolute Gasteiger partial charge is 0.338 e. The normalized spacial score (nSPS) is 13.8. The number of hydrogen-bond acceptors (Lipinski definition) is 5. The van der Waals surface area contributed by atoms with Gasteiger partial charge in [-0.3, -0.25) is 9.59 Å². The zero-order chi connectivity index (χ0) is 21.0. The van der Waals surface area contributed by atoms with E-state index in [1.807, 2.05) is 26.0 Å². The lowest BCUT2D eigenvalue weighted by atomic mass is 10.2. The molecule has 0 spiro atoms. The van der Waals surface area contributed by atoms with E-state index in [9.17, 15) is 14.4 Å². The molecule has 1 heterocycles. The molecular formula is C22H21ClN2O4. The van der Waals surface area contributed by atoms with Crippen LogP contribution >= 0.6 is 11.6 Å². The number of nitrogens with zero attached hydrogens (tertiary/aromatic N) is 1. The van der Waals surface area contributed by atoms with Crippen LogP contribution in [0.2, 0.25) is 0 Å². The molecule has 2 aromatic carbocycles. The van der Waals surface area contributed by atoms with Crippen molar-refractivity contribution in [1.29, 1.82) is 0 Å². The first-order valence-electron chi connectivity index (χ1n) is 9.32. The third-order valence-corrected chi connectivity index (χ3v) is 4.83. The van der Waals surface area contributed by atoms with Crippen molar-refractivity contribution in [2.45, 2.75) is 26.7 Å². The van der Waals surface area contributed by atoms with Gasteiger partial charge in [-0.25, -0.2) is 9.69 Å². The van der Waals surface area contributed by atoms with E-state index >= 15 is 0 Å². The summed E-state index contributed by atoms with van der Waals surface area (Å²) in [5.41, 5.74) is 2.02. The summed E-state index contributed by atoms with van der Waals surface area (Å²) < 4.78 is 5.21. The maximum atomic E-state index is 12.9. The summed E-state index contributed by atoms with van der Waals surface area (Å²) in [4.78, 5) is 38.7. The minimum atomic E-state index is -0.594. The van der Waals surface area contributed by atoms with E-state index in [1.54, 1.807) is 36.4 Å². The number of ether oxygens (including phenoxy) is 1. The summed E-state index contributed by atoms with van der Waals surface area (Å²) in [6.45, 7) is 4.17. The molecule has 2 aromatic rings. The highest BCUT2D eigenvalue weighted by molar-refractivity contribution is 6.53. The highest BCUT2D eigenvalue weighted by Gasteiger charge is 2.39. The summed E-state index contributed by atoms with van der Waals surface area (Å²) in [5, 5.41) is 2.68. The average molecular weight is 413 g/mol. The van der Waals surface area contributed by atoms with Crippen LogP contribution in [0.3, 0.4) is 0 Å². The molecule has 3 rings (SSSR count). The van der Waals surface area contributed by atoms with E-state index in [4.69, 9.17) is 16.3 Å². The molecule has 0 bridgehead atoms. The molecule has 7 heteroatoms. The van der Waals surface area contributed by atoms with Crippen molar-refractivity contribution in [2.75, 3.05) is 16.8 Å². The van der Waals surface area contributed by atoms with Gasteiger partial charge in [-0.05, 0) is 43.2 Å². The molecule has 0 aliphatic carbocycles. The number of benzene rings is 2. The summed E-state index contributed by atoms with van der Waals surface area (Å²) in [6, 6.07) is 13.6. The molecule has 0 aromatic heterocycles. The van der Waals surface area contributed by atoms with Gasteiger partial charge in [0.1, 0.15) is 10.7 Å². The van der Waals surface area contributed by atoms with E-state index < -0.39 is 17.8 Å². The second-order valence-electron chi connectivity index (χ2n) is 6.62. The fourth-order valence-corrected chi connectivity index (χ4v) is 3.12. The van der Waals surface area contributed by atoms with Crippen molar-refractivity contribution in [2.24, 2.45) is 0 Å². The first-order valence-corrected chi connectivity index (χ1v) is 9.70. The number of anilines is 2. The van der Waals surface area contributed by atoms with Gasteiger partial charge < -0.3 is 10.1 Å². The zero-order valence-corrected chi connectivity index (χ0v) is 17.0. The molecule has 0 radical (unpaired) electrons. The van der Waals surface area contributed by atoms with Crippen molar-refractivity contribution in [3.05, 3.63) is 70.4 Å². The monoisotopic (exact) mass is 412 g/mol. The Morgan fingerprint density at radius 3 is 2.59 bits per heavy atom. The lowest BCUT2D eigenvalue weighted by molar-refractivity contribution is -0.120. The van der Waals surface area contributed by atoms with Crippen LogP contribution in [0.5, 0.6) is 0 Å². The van der Waals surface area contributed by atoms with Gasteiger partial charge in [0.25, 0.3) is 11.8 Å². The SMILES string of the molecule is CCCCOC(=O)c1cccc(NC2=C(Cl)C(=O)N(c3ccccc3C)C2=O)c1. The molecule has 6 nitrogen and oxygen atoms in total. The summed E-state index contributed by atoms with van der Waals surface area (Å²) in [7, 11) is 0. The van der Waals surface area contributed by atoms with Crippen LogP contribution in [0.15, 0.2) is 59.3 Å². The fourth-order valence-electron chi connectivity index (χ4n) is 2.91. The van der Waals surface area contributed by atoms with Crippen LogP contribution in [0, 0.1) is 6.92 Å². The molecule has 29 heavy (non-hydrogen) atoms. The molecule has 0 saturated heterocycles. The molecule has 0 atom stereocenters. The molecule has 150 valence electrons. The predicted octanol–water partition coefficient (Wildman–Crippen LogP) is 4.39.